The number of rotatable bonds is 7. The number of carbonyl (C=O) groups excluding carboxylic acids is 3. The molecule has 0 radical (unpaired) electrons. The number of anilines is 1. The number of carbonyl (C=O) groups is 3. The average Bonchev–Trinajstić information content (AvgIpc) is 3.46. The van der Waals surface area contributed by atoms with Crippen LogP contribution in [0.15, 0.2) is 48.5 Å². The fourth-order valence-electron chi connectivity index (χ4n) is 2.43. The Labute approximate surface area is 155 Å². The molecule has 3 rings (SSSR count). The van der Waals surface area contributed by atoms with E-state index in [0.29, 0.717) is 16.8 Å². The van der Waals surface area contributed by atoms with Crippen molar-refractivity contribution in [2.45, 2.75) is 25.3 Å². The molecule has 2 aromatic carbocycles. The molecular weight excluding hydrogens is 351 g/mol. The lowest BCUT2D eigenvalue weighted by Crippen LogP contribution is -2.28. The minimum Gasteiger partial charge on any atom is -0.455 e. The van der Waals surface area contributed by atoms with E-state index in [-0.39, 0.29) is 18.4 Å². The molecule has 1 fully saturated rings. The molecular formula is C20H19FN2O4. The smallest absolute Gasteiger partial charge is 0.310 e. The molecule has 6 nitrogen and oxygen atoms in total. The Morgan fingerprint density at radius 3 is 2.44 bits per heavy atom. The maximum absolute atomic E-state index is 12.9. The number of halogens is 1. The van der Waals surface area contributed by atoms with Crippen molar-refractivity contribution < 1.29 is 23.5 Å². The van der Waals surface area contributed by atoms with E-state index in [2.05, 4.69) is 10.6 Å². The Morgan fingerprint density at radius 2 is 1.74 bits per heavy atom. The van der Waals surface area contributed by atoms with Gasteiger partial charge in [-0.1, -0.05) is 24.3 Å². The summed E-state index contributed by atoms with van der Waals surface area (Å²) in [5.41, 5.74) is 1.30. The minimum absolute atomic E-state index is 0.0616. The highest BCUT2D eigenvalue weighted by atomic mass is 19.1. The fourth-order valence-corrected chi connectivity index (χ4v) is 2.43. The van der Waals surface area contributed by atoms with Crippen molar-refractivity contribution in [2.24, 2.45) is 0 Å². The standard InChI is InChI=1S/C20H19FN2O4/c21-14-7-5-13(6-8-14)11-19(25)27-12-18(24)23-17-4-2-1-3-16(17)20(26)22-15-9-10-15/h1-8,15H,9-12H2,(H,22,26)(H,23,24). The van der Waals surface area contributed by atoms with Crippen molar-refractivity contribution in [1.29, 1.82) is 0 Å². The lowest BCUT2D eigenvalue weighted by atomic mass is 10.1. The summed E-state index contributed by atoms with van der Waals surface area (Å²) < 4.78 is 17.8. The van der Waals surface area contributed by atoms with Crippen LogP contribution in [0.25, 0.3) is 0 Å². The molecule has 140 valence electrons. The largest absolute Gasteiger partial charge is 0.455 e. The van der Waals surface area contributed by atoms with Gasteiger partial charge < -0.3 is 15.4 Å². The molecule has 27 heavy (non-hydrogen) atoms. The summed E-state index contributed by atoms with van der Waals surface area (Å²) in [6.07, 6.45) is 1.86. The van der Waals surface area contributed by atoms with Crippen LogP contribution in [0.1, 0.15) is 28.8 Å². The third-order valence-corrected chi connectivity index (χ3v) is 3.98. The number of hydrogen-bond acceptors (Lipinski definition) is 4. The van der Waals surface area contributed by atoms with Crippen LogP contribution in [-0.2, 0) is 20.7 Å². The summed E-state index contributed by atoms with van der Waals surface area (Å²) in [7, 11) is 0. The van der Waals surface area contributed by atoms with Gasteiger partial charge >= 0.3 is 5.97 Å². The Hall–Kier alpha value is -3.22. The quantitative estimate of drug-likeness (QED) is 0.733. The molecule has 0 atom stereocenters. The topological polar surface area (TPSA) is 84.5 Å². The molecule has 1 saturated carbocycles. The van der Waals surface area contributed by atoms with Crippen molar-refractivity contribution in [3.8, 4) is 0 Å². The lowest BCUT2D eigenvalue weighted by Gasteiger charge is -2.11. The first-order valence-corrected chi connectivity index (χ1v) is 8.61. The third-order valence-electron chi connectivity index (χ3n) is 3.98. The molecule has 7 heteroatoms. The van der Waals surface area contributed by atoms with Gasteiger partial charge in [0.25, 0.3) is 11.8 Å². The molecule has 2 amide bonds. The number of esters is 1. The second kappa shape index (κ2) is 8.44. The molecule has 1 aliphatic rings. The first-order valence-electron chi connectivity index (χ1n) is 8.61. The van der Waals surface area contributed by atoms with Crippen LogP contribution >= 0.6 is 0 Å². The lowest BCUT2D eigenvalue weighted by molar-refractivity contribution is -0.146. The molecule has 1 aliphatic carbocycles. The highest BCUT2D eigenvalue weighted by Gasteiger charge is 2.25. The first-order chi connectivity index (χ1) is 13.0. The molecule has 0 bridgehead atoms. The van der Waals surface area contributed by atoms with Crippen molar-refractivity contribution in [3.63, 3.8) is 0 Å². The number of ether oxygens (including phenoxy) is 1. The van der Waals surface area contributed by atoms with Gasteiger partial charge in [0.15, 0.2) is 6.61 Å². The van der Waals surface area contributed by atoms with Crippen LogP contribution in [0, 0.1) is 5.82 Å². The van der Waals surface area contributed by atoms with Crippen LogP contribution in [0.3, 0.4) is 0 Å². The highest BCUT2D eigenvalue weighted by molar-refractivity contribution is 6.04. The van der Waals surface area contributed by atoms with Gasteiger partial charge in [-0.15, -0.1) is 0 Å². The van der Waals surface area contributed by atoms with E-state index >= 15 is 0 Å². The molecule has 0 saturated heterocycles. The van der Waals surface area contributed by atoms with E-state index in [0.717, 1.165) is 12.8 Å². The molecule has 0 unspecified atom stereocenters. The second-order valence-corrected chi connectivity index (χ2v) is 6.31. The van der Waals surface area contributed by atoms with E-state index < -0.39 is 24.3 Å². The maximum atomic E-state index is 12.9. The summed E-state index contributed by atoms with van der Waals surface area (Å²) in [4.78, 5) is 36.1. The van der Waals surface area contributed by atoms with Gasteiger partial charge in [0, 0.05) is 6.04 Å². The van der Waals surface area contributed by atoms with Crippen LogP contribution in [0.2, 0.25) is 0 Å². The summed E-state index contributed by atoms with van der Waals surface area (Å²) >= 11 is 0. The zero-order chi connectivity index (χ0) is 19.2. The predicted molar refractivity (Wildman–Crippen MR) is 96.6 cm³/mol. The van der Waals surface area contributed by atoms with Gasteiger partial charge in [0.1, 0.15) is 5.82 Å². The third kappa shape index (κ3) is 5.64. The normalized spacial score (nSPS) is 12.9. The number of hydrogen-bond donors (Lipinski definition) is 2. The number of amides is 2. The van der Waals surface area contributed by atoms with Crippen molar-refractivity contribution in [1.82, 2.24) is 5.32 Å². The van der Waals surface area contributed by atoms with E-state index in [1.54, 1.807) is 24.3 Å². The Balaban J connectivity index is 1.51. The Morgan fingerprint density at radius 1 is 1.04 bits per heavy atom. The van der Waals surface area contributed by atoms with Crippen molar-refractivity contribution in [3.05, 3.63) is 65.5 Å². The molecule has 0 heterocycles. The first kappa shape index (κ1) is 18.6. The van der Waals surface area contributed by atoms with E-state index in [1.807, 2.05) is 0 Å². The van der Waals surface area contributed by atoms with Crippen LogP contribution < -0.4 is 10.6 Å². The van der Waals surface area contributed by atoms with Gasteiger partial charge in [-0.05, 0) is 42.7 Å². The highest BCUT2D eigenvalue weighted by Crippen LogP contribution is 2.21. The van der Waals surface area contributed by atoms with Gasteiger partial charge in [-0.25, -0.2) is 4.39 Å². The molecule has 0 aromatic heterocycles. The molecule has 2 N–H and O–H groups in total. The number of nitrogens with one attached hydrogen (secondary N) is 2. The molecule has 0 spiro atoms. The Kier molecular flexibility index (Phi) is 5.80. The van der Waals surface area contributed by atoms with Crippen LogP contribution in [0.5, 0.6) is 0 Å². The second-order valence-electron chi connectivity index (χ2n) is 6.31. The van der Waals surface area contributed by atoms with Gasteiger partial charge in [0.05, 0.1) is 17.7 Å². The van der Waals surface area contributed by atoms with Gasteiger partial charge in [-0.3, -0.25) is 14.4 Å². The predicted octanol–water partition coefficient (Wildman–Crippen LogP) is 2.44. The summed E-state index contributed by atoms with van der Waals surface area (Å²) in [5, 5.41) is 5.45. The van der Waals surface area contributed by atoms with Gasteiger partial charge in [-0.2, -0.15) is 0 Å². The fraction of sp³-hybridized carbons (Fsp3) is 0.250. The van der Waals surface area contributed by atoms with E-state index in [9.17, 15) is 18.8 Å². The number of benzene rings is 2. The van der Waals surface area contributed by atoms with Crippen molar-refractivity contribution in [2.75, 3.05) is 11.9 Å². The zero-order valence-corrected chi connectivity index (χ0v) is 14.5. The zero-order valence-electron chi connectivity index (χ0n) is 14.5. The van der Waals surface area contributed by atoms with Crippen molar-refractivity contribution >= 4 is 23.5 Å². The summed E-state index contributed by atoms with van der Waals surface area (Å²) in [6, 6.07) is 12.3. The Bertz CT molecular complexity index is 847. The van der Waals surface area contributed by atoms with Crippen LogP contribution in [-0.4, -0.2) is 30.4 Å². The molecule has 2 aromatic rings. The minimum atomic E-state index is -0.600. The SMILES string of the molecule is O=C(COC(=O)Cc1ccc(F)cc1)Nc1ccccc1C(=O)NC1CC1. The summed E-state index contributed by atoms with van der Waals surface area (Å²) in [6.45, 7) is -0.474. The number of para-hydroxylation sites is 1. The summed E-state index contributed by atoms with van der Waals surface area (Å²) in [5.74, 6) is -1.79. The van der Waals surface area contributed by atoms with Crippen LogP contribution in [0.4, 0.5) is 10.1 Å². The molecule has 0 aliphatic heterocycles. The maximum Gasteiger partial charge on any atom is 0.310 e. The average molecular weight is 370 g/mol. The van der Waals surface area contributed by atoms with Gasteiger partial charge in [0.2, 0.25) is 0 Å². The van der Waals surface area contributed by atoms with E-state index in [1.165, 1.54) is 24.3 Å². The van der Waals surface area contributed by atoms with E-state index in [4.69, 9.17) is 4.74 Å². The monoisotopic (exact) mass is 370 g/mol.